The van der Waals surface area contributed by atoms with Crippen molar-refractivity contribution in [3.8, 4) is 0 Å². The molecule has 1 saturated heterocycles. The molecule has 2 aromatic rings. The van der Waals surface area contributed by atoms with Crippen LogP contribution < -0.4 is 4.72 Å². The molecule has 8 heteroatoms. The van der Waals surface area contributed by atoms with Gasteiger partial charge in [0.05, 0.1) is 4.90 Å². The summed E-state index contributed by atoms with van der Waals surface area (Å²) in [6.45, 7) is 6.96. The normalized spacial score (nSPS) is 17.8. The second-order valence-corrected chi connectivity index (χ2v) is 10.4. The van der Waals surface area contributed by atoms with E-state index in [0.717, 1.165) is 50.9 Å². The largest absolute Gasteiger partial charge is 0.333 e. The van der Waals surface area contributed by atoms with Crippen LogP contribution in [0.15, 0.2) is 47.4 Å². The van der Waals surface area contributed by atoms with Gasteiger partial charge in [0, 0.05) is 36.4 Å². The highest BCUT2D eigenvalue weighted by Crippen LogP contribution is 2.34. The Labute approximate surface area is 189 Å². The van der Waals surface area contributed by atoms with Crippen molar-refractivity contribution in [1.82, 2.24) is 9.80 Å². The van der Waals surface area contributed by atoms with Crippen molar-refractivity contribution >= 4 is 21.6 Å². The second kappa shape index (κ2) is 9.19. The maximum atomic E-state index is 13.6. The van der Waals surface area contributed by atoms with E-state index in [-0.39, 0.29) is 28.6 Å². The van der Waals surface area contributed by atoms with Crippen molar-refractivity contribution in [2.75, 3.05) is 24.4 Å². The molecule has 0 spiro atoms. The zero-order valence-corrected chi connectivity index (χ0v) is 19.4. The van der Waals surface area contributed by atoms with Crippen LogP contribution in [-0.4, -0.2) is 55.8 Å². The number of rotatable bonds is 7. The highest BCUT2D eigenvalue weighted by atomic mass is 32.2. The number of halogens is 1. The monoisotopic (exact) mass is 459 g/mol. The number of carbonyl (C=O) groups excluding carboxylic acids is 1. The number of carbonyl (C=O) groups is 1. The van der Waals surface area contributed by atoms with E-state index in [2.05, 4.69) is 16.5 Å². The number of piperidine rings is 1. The number of sulfonamides is 1. The van der Waals surface area contributed by atoms with Crippen LogP contribution in [0.3, 0.4) is 0 Å². The van der Waals surface area contributed by atoms with Crippen LogP contribution >= 0.6 is 0 Å². The zero-order chi connectivity index (χ0) is 22.9. The molecule has 0 atom stereocenters. The molecule has 0 aromatic heterocycles. The summed E-state index contributed by atoms with van der Waals surface area (Å²) in [6, 6.07) is 10.2. The Balaban J connectivity index is 1.58. The van der Waals surface area contributed by atoms with Gasteiger partial charge in [0.1, 0.15) is 5.82 Å². The van der Waals surface area contributed by atoms with Crippen molar-refractivity contribution in [3.63, 3.8) is 0 Å². The third kappa shape index (κ3) is 4.96. The topological polar surface area (TPSA) is 69.7 Å². The molecule has 4 rings (SSSR count). The third-order valence-corrected chi connectivity index (χ3v) is 7.80. The molecular weight excluding hydrogens is 429 g/mol. The van der Waals surface area contributed by atoms with E-state index in [1.165, 1.54) is 36.4 Å². The number of hydrogen-bond acceptors (Lipinski definition) is 4. The van der Waals surface area contributed by atoms with E-state index in [9.17, 15) is 17.6 Å². The van der Waals surface area contributed by atoms with Crippen LogP contribution in [0.5, 0.6) is 0 Å². The standard InChI is InChI=1S/C24H30FN3O3S/c1-3-27-14-12-21(13-15-27)28(20-9-10-20)24(29)23-16-22(11-4-17(23)2)32(30,31)26-19-7-5-18(25)6-8-19/h4-8,11,16,20-21,26H,3,9-10,12-15H2,1-2H3. The van der Waals surface area contributed by atoms with Gasteiger partial charge in [-0.15, -0.1) is 0 Å². The first-order chi connectivity index (χ1) is 15.3. The summed E-state index contributed by atoms with van der Waals surface area (Å²) in [7, 11) is -3.91. The number of likely N-dealkylation sites (tertiary alicyclic amines) is 1. The molecule has 1 saturated carbocycles. The summed E-state index contributed by atoms with van der Waals surface area (Å²) in [5, 5.41) is 0. The van der Waals surface area contributed by atoms with Crippen LogP contribution in [0.1, 0.15) is 48.5 Å². The third-order valence-electron chi connectivity index (χ3n) is 6.42. The van der Waals surface area contributed by atoms with Gasteiger partial charge < -0.3 is 9.80 Å². The molecule has 1 N–H and O–H groups in total. The molecule has 172 valence electrons. The van der Waals surface area contributed by atoms with Gasteiger partial charge in [-0.2, -0.15) is 0 Å². The van der Waals surface area contributed by atoms with E-state index in [1.54, 1.807) is 6.07 Å². The number of anilines is 1. The van der Waals surface area contributed by atoms with Gasteiger partial charge in [-0.05, 0) is 81.1 Å². The molecule has 2 aromatic carbocycles. The maximum Gasteiger partial charge on any atom is 0.261 e. The second-order valence-electron chi connectivity index (χ2n) is 8.70. The maximum absolute atomic E-state index is 13.6. The minimum atomic E-state index is -3.91. The Kier molecular flexibility index (Phi) is 6.53. The molecule has 1 heterocycles. The first-order valence-electron chi connectivity index (χ1n) is 11.2. The first-order valence-corrected chi connectivity index (χ1v) is 12.7. The predicted octanol–water partition coefficient (Wildman–Crippen LogP) is 4.02. The number of nitrogens with one attached hydrogen (secondary N) is 1. The summed E-state index contributed by atoms with van der Waals surface area (Å²) >= 11 is 0. The summed E-state index contributed by atoms with van der Waals surface area (Å²) in [5.74, 6) is -0.528. The lowest BCUT2D eigenvalue weighted by molar-refractivity contribution is 0.0553. The average molecular weight is 460 g/mol. The molecule has 0 radical (unpaired) electrons. The van der Waals surface area contributed by atoms with Crippen molar-refractivity contribution in [1.29, 1.82) is 0 Å². The minimum Gasteiger partial charge on any atom is -0.333 e. The lowest BCUT2D eigenvalue weighted by Gasteiger charge is -2.38. The van der Waals surface area contributed by atoms with Gasteiger partial charge in [0.15, 0.2) is 0 Å². The molecule has 6 nitrogen and oxygen atoms in total. The Morgan fingerprint density at radius 3 is 2.28 bits per heavy atom. The molecule has 0 unspecified atom stereocenters. The highest BCUT2D eigenvalue weighted by molar-refractivity contribution is 7.92. The Morgan fingerprint density at radius 1 is 1.06 bits per heavy atom. The fraction of sp³-hybridized carbons (Fsp3) is 0.458. The number of hydrogen-bond donors (Lipinski definition) is 1. The number of benzene rings is 2. The van der Waals surface area contributed by atoms with Crippen LogP contribution in [0.4, 0.5) is 10.1 Å². The van der Waals surface area contributed by atoms with Crippen molar-refractivity contribution in [3.05, 3.63) is 59.4 Å². The van der Waals surface area contributed by atoms with Crippen molar-refractivity contribution < 1.29 is 17.6 Å². The quantitative estimate of drug-likeness (QED) is 0.679. The van der Waals surface area contributed by atoms with Gasteiger partial charge >= 0.3 is 0 Å². The van der Waals surface area contributed by atoms with Crippen LogP contribution in [-0.2, 0) is 10.0 Å². The van der Waals surface area contributed by atoms with Gasteiger partial charge in [-0.3, -0.25) is 9.52 Å². The number of nitrogens with zero attached hydrogens (tertiary/aromatic N) is 2. The van der Waals surface area contributed by atoms with E-state index < -0.39 is 15.8 Å². The predicted molar refractivity (Wildman–Crippen MR) is 123 cm³/mol. The molecule has 1 aliphatic carbocycles. The summed E-state index contributed by atoms with van der Waals surface area (Å²) in [5.41, 5.74) is 1.45. The summed E-state index contributed by atoms with van der Waals surface area (Å²) < 4.78 is 41.5. The van der Waals surface area contributed by atoms with E-state index >= 15 is 0 Å². The molecule has 2 aliphatic rings. The summed E-state index contributed by atoms with van der Waals surface area (Å²) in [4.78, 5) is 18.1. The van der Waals surface area contributed by atoms with Crippen molar-refractivity contribution in [2.24, 2.45) is 0 Å². The van der Waals surface area contributed by atoms with Gasteiger partial charge in [0.25, 0.3) is 15.9 Å². The fourth-order valence-corrected chi connectivity index (χ4v) is 5.45. The lowest BCUT2D eigenvalue weighted by atomic mass is 10.00. The molecule has 1 amide bonds. The fourth-order valence-electron chi connectivity index (χ4n) is 4.37. The first kappa shape index (κ1) is 22.7. The van der Waals surface area contributed by atoms with E-state index in [1.807, 2.05) is 11.8 Å². The molecule has 32 heavy (non-hydrogen) atoms. The van der Waals surface area contributed by atoms with Crippen LogP contribution in [0.2, 0.25) is 0 Å². The zero-order valence-electron chi connectivity index (χ0n) is 18.6. The van der Waals surface area contributed by atoms with Gasteiger partial charge in [-0.1, -0.05) is 13.0 Å². The number of aryl methyl sites for hydroxylation is 1. The smallest absolute Gasteiger partial charge is 0.261 e. The lowest BCUT2D eigenvalue weighted by Crippen LogP contribution is -2.48. The molecule has 1 aliphatic heterocycles. The highest BCUT2D eigenvalue weighted by Gasteiger charge is 2.39. The Bertz CT molecular complexity index is 1080. The summed E-state index contributed by atoms with van der Waals surface area (Å²) in [6.07, 6.45) is 3.89. The molecule has 0 bridgehead atoms. The number of amides is 1. The molecular formula is C24H30FN3O3S. The Morgan fingerprint density at radius 2 is 1.69 bits per heavy atom. The van der Waals surface area contributed by atoms with E-state index in [0.29, 0.717) is 5.56 Å². The van der Waals surface area contributed by atoms with Crippen LogP contribution in [0.25, 0.3) is 0 Å². The minimum absolute atomic E-state index is 0.0207. The Hall–Kier alpha value is -2.45. The average Bonchev–Trinajstić information content (AvgIpc) is 3.61. The van der Waals surface area contributed by atoms with Gasteiger partial charge in [-0.25, -0.2) is 12.8 Å². The van der Waals surface area contributed by atoms with Gasteiger partial charge in [0.2, 0.25) is 0 Å². The van der Waals surface area contributed by atoms with Crippen molar-refractivity contribution in [2.45, 2.75) is 56.5 Å². The van der Waals surface area contributed by atoms with E-state index in [4.69, 9.17) is 0 Å². The SMILES string of the molecule is CCN1CCC(N(C(=O)c2cc(S(=O)(=O)Nc3ccc(F)cc3)ccc2C)C2CC2)CC1. The molecule has 2 fully saturated rings. The van der Waals surface area contributed by atoms with Crippen LogP contribution in [0, 0.1) is 12.7 Å².